The zero-order chi connectivity index (χ0) is 26.0. The molecule has 4 bridgehead atoms. The number of ketones is 1. The van der Waals surface area contributed by atoms with Crippen molar-refractivity contribution in [3.05, 3.63) is 12.7 Å². The van der Waals surface area contributed by atoms with Crippen molar-refractivity contribution in [1.29, 1.82) is 0 Å². The number of aliphatic hydroxyl groups excluding tert-OH is 1. The van der Waals surface area contributed by atoms with E-state index in [1.54, 1.807) is 11.8 Å². The lowest BCUT2D eigenvalue weighted by Crippen LogP contribution is -2.63. The number of hydrogen-bond acceptors (Lipinski definition) is 6. The van der Waals surface area contributed by atoms with Crippen molar-refractivity contribution in [3.8, 4) is 0 Å². The number of ether oxygens (including phenoxy) is 1. The highest BCUT2D eigenvalue weighted by Crippen LogP contribution is 2.68. The van der Waals surface area contributed by atoms with Gasteiger partial charge in [0.1, 0.15) is 11.9 Å². The van der Waals surface area contributed by atoms with Gasteiger partial charge in [0.25, 0.3) is 0 Å². The average Bonchev–Trinajstić information content (AvgIpc) is 3.28. The molecular weight excluding hydrogens is 470 g/mol. The maximum Gasteiger partial charge on any atom is 0.316 e. The molecule has 0 radical (unpaired) electrons. The molecular formula is C30H47NO4S. The van der Waals surface area contributed by atoms with Crippen LogP contribution in [0.3, 0.4) is 0 Å². The summed E-state index contributed by atoms with van der Waals surface area (Å²) in [5.41, 5.74) is -1.24. The Balaban J connectivity index is 1.39. The van der Waals surface area contributed by atoms with Gasteiger partial charge in [0.2, 0.25) is 0 Å². The molecule has 11 atom stereocenters. The number of nitrogens with zero attached hydrogens (tertiary/aromatic N) is 1. The molecule has 0 amide bonds. The maximum absolute atomic E-state index is 13.5. The van der Waals surface area contributed by atoms with Crippen LogP contribution in [-0.2, 0) is 14.3 Å². The van der Waals surface area contributed by atoms with Crippen LogP contribution in [-0.4, -0.2) is 64.1 Å². The highest BCUT2D eigenvalue weighted by molar-refractivity contribution is 8.00. The van der Waals surface area contributed by atoms with Crippen LogP contribution in [0.25, 0.3) is 0 Å². The highest BCUT2D eigenvalue weighted by atomic mass is 32.2. The molecule has 5 rings (SSSR count). The van der Waals surface area contributed by atoms with E-state index in [1.807, 2.05) is 6.08 Å². The summed E-state index contributed by atoms with van der Waals surface area (Å²) in [5, 5.41) is 12.2. The van der Waals surface area contributed by atoms with Gasteiger partial charge < -0.3 is 14.7 Å². The summed E-state index contributed by atoms with van der Waals surface area (Å²) < 4.78 is 6.42. The van der Waals surface area contributed by atoms with E-state index in [0.29, 0.717) is 41.7 Å². The van der Waals surface area contributed by atoms with Crippen molar-refractivity contribution >= 4 is 23.5 Å². The number of piperidine rings is 1. The van der Waals surface area contributed by atoms with Crippen molar-refractivity contribution in [3.63, 3.8) is 0 Å². The minimum Gasteiger partial charge on any atom is -0.461 e. The molecule has 0 spiro atoms. The van der Waals surface area contributed by atoms with Gasteiger partial charge in [0, 0.05) is 40.5 Å². The van der Waals surface area contributed by atoms with Crippen molar-refractivity contribution in [2.45, 2.75) is 115 Å². The maximum atomic E-state index is 13.5. The molecule has 6 heteroatoms. The molecule has 5 nitrogen and oxygen atoms in total. The largest absolute Gasteiger partial charge is 0.461 e. The average molecular weight is 518 g/mol. The van der Waals surface area contributed by atoms with Crippen molar-refractivity contribution in [1.82, 2.24) is 4.90 Å². The van der Waals surface area contributed by atoms with Gasteiger partial charge in [0.15, 0.2) is 0 Å². The van der Waals surface area contributed by atoms with Crippen LogP contribution in [0.1, 0.15) is 85.5 Å². The predicted molar refractivity (Wildman–Crippen MR) is 145 cm³/mol. The van der Waals surface area contributed by atoms with Crippen LogP contribution in [0.15, 0.2) is 12.7 Å². The van der Waals surface area contributed by atoms with Crippen LogP contribution in [0, 0.1) is 34.0 Å². The summed E-state index contributed by atoms with van der Waals surface area (Å²) in [6, 6.07) is 1.31. The molecule has 2 aliphatic heterocycles. The van der Waals surface area contributed by atoms with Gasteiger partial charge in [-0.1, -0.05) is 33.8 Å². The first-order valence-electron chi connectivity index (χ1n) is 14.3. The zero-order valence-electron chi connectivity index (χ0n) is 23.0. The van der Waals surface area contributed by atoms with Crippen LogP contribution in [0.5, 0.6) is 0 Å². The predicted octanol–water partition coefficient (Wildman–Crippen LogP) is 5.25. The van der Waals surface area contributed by atoms with E-state index in [4.69, 9.17) is 4.74 Å². The topological polar surface area (TPSA) is 66.8 Å². The van der Waals surface area contributed by atoms with E-state index >= 15 is 0 Å². The number of hydrogen-bond donors (Lipinski definition) is 1. The molecule has 0 aromatic carbocycles. The number of carbonyl (C=O) groups excluding carboxylic acids is 2. The molecule has 36 heavy (non-hydrogen) atoms. The summed E-state index contributed by atoms with van der Waals surface area (Å²) in [5.74, 6) is 0.605. The second-order valence-electron chi connectivity index (χ2n) is 13.5. The van der Waals surface area contributed by atoms with E-state index in [9.17, 15) is 14.7 Å². The van der Waals surface area contributed by atoms with Crippen molar-refractivity contribution in [2.75, 3.05) is 12.8 Å². The summed E-state index contributed by atoms with van der Waals surface area (Å²) in [6.07, 6.45) is 9.58. The summed E-state index contributed by atoms with van der Waals surface area (Å²) >= 11 is 1.76. The molecule has 1 N–H and O–H groups in total. The van der Waals surface area contributed by atoms with Gasteiger partial charge in [-0.25, -0.2) is 0 Å². The Morgan fingerprint density at radius 2 is 1.86 bits per heavy atom. The minimum absolute atomic E-state index is 0.00390. The van der Waals surface area contributed by atoms with Gasteiger partial charge in [0.05, 0.1) is 11.9 Å². The van der Waals surface area contributed by atoms with Crippen LogP contribution < -0.4 is 0 Å². The quantitative estimate of drug-likeness (QED) is 0.397. The Morgan fingerprint density at radius 1 is 1.19 bits per heavy atom. The van der Waals surface area contributed by atoms with Crippen molar-refractivity contribution in [2.24, 2.45) is 34.0 Å². The lowest BCUT2D eigenvalue weighted by Gasteiger charge is -2.61. The first kappa shape index (κ1) is 26.7. The fraction of sp³-hybridized carbons (Fsp3) is 0.867. The number of rotatable bonds is 5. The van der Waals surface area contributed by atoms with E-state index in [-0.39, 0.29) is 29.1 Å². The molecule has 0 aromatic heterocycles. The van der Waals surface area contributed by atoms with Crippen LogP contribution >= 0.6 is 11.8 Å². The molecule has 2 saturated heterocycles. The lowest BCUT2D eigenvalue weighted by molar-refractivity contribution is -0.205. The number of esters is 1. The summed E-state index contributed by atoms with van der Waals surface area (Å²) in [6.45, 7) is 12.8. The Hall–Kier alpha value is -0.850. The molecule has 1 unspecified atom stereocenters. The summed E-state index contributed by atoms with van der Waals surface area (Å²) in [7, 11) is 2.24. The number of fused-ring (bicyclic) bond motifs is 2. The first-order valence-corrected chi connectivity index (χ1v) is 15.4. The van der Waals surface area contributed by atoms with E-state index in [0.717, 1.165) is 32.1 Å². The van der Waals surface area contributed by atoms with Crippen molar-refractivity contribution < 1.29 is 19.4 Å². The zero-order valence-corrected chi connectivity index (χ0v) is 23.8. The summed E-state index contributed by atoms with van der Waals surface area (Å²) in [4.78, 5) is 29.4. The van der Waals surface area contributed by atoms with Gasteiger partial charge in [-0.05, 0) is 75.7 Å². The van der Waals surface area contributed by atoms with Gasteiger partial charge >= 0.3 is 5.97 Å². The van der Waals surface area contributed by atoms with Gasteiger partial charge in [-0.2, -0.15) is 0 Å². The second kappa shape index (κ2) is 9.41. The molecule has 0 aromatic rings. The van der Waals surface area contributed by atoms with Gasteiger partial charge in [-0.3, -0.25) is 9.59 Å². The fourth-order valence-electron chi connectivity index (χ4n) is 9.38. The number of Topliss-reactive ketones (excluding diaryl/α,β-unsaturated/α-hetero) is 1. The third-order valence-corrected chi connectivity index (χ3v) is 13.3. The molecule has 3 aliphatic carbocycles. The van der Waals surface area contributed by atoms with E-state index in [1.165, 1.54) is 12.8 Å². The van der Waals surface area contributed by atoms with Gasteiger partial charge in [-0.15, -0.1) is 18.3 Å². The molecule has 3 saturated carbocycles. The first-order chi connectivity index (χ1) is 17.0. The number of thioether (sulfide) groups is 1. The molecule has 5 aliphatic rings. The molecule has 5 fully saturated rings. The molecule has 202 valence electrons. The second-order valence-corrected chi connectivity index (χ2v) is 14.8. The monoisotopic (exact) mass is 517 g/mol. The normalized spacial score (nSPS) is 50.8. The standard InChI is InChI=1S/C30H47NO4S/c1-7-28(4)16-24(35-25(33)17-36-22-14-20-8-9-21(15-22)31(20)6)29(5)18(2)10-12-30(19(3)27(28)34)13-11-23(32)26(29)30/h7,18-22,24,26-27,34H,1,8-17H2,2-6H3/t18-,19+,20-,21+,22?,24+,26-,27-,28-,29-,30-/m1/s1. The number of aliphatic hydroxyl groups is 1. The third-order valence-electron chi connectivity index (χ3n) is 12.1. The van der Waals surface area contributed by atoms with E-state index < -0.39 is 23.0 Å². The highest BCUT2D eigenvalue weighted by Gasteiger charge is 2.68. The Bertz CT molecular complexity index is 895. The smallest absolute Gasteiger partial charge is 0.316 e. The van der Waals surface area contributed by atoms with E-state index in [2.05, 4.69) is 46.2 Å². The lowest BCUT2D eigenvalue weighted by atomic mass is 9.44. The Labute approximate surface area is 222 Å². The number of carbonyl (C=O) groups is 2. The Kier molecular flexibility index (Phi) is 6.99. The Morgan fingerprint density at radius 3 is 2.50 bits per heavy atom. The SMILES string of the molecule is C=C[C@]1(C)C[C@H](OC(=O)CSC2C[C@H]3CC[C@@H](C2)N3C)[C@@]2(C)[C@H](C)CC[C@@]3(CCC(=O)[C@@H]32)[C@@H](C)[C@H]1O. The molecule has 2 heterocycles. The van der Waals surface area contributed by atoms with Crippen LogP contribution in [0.4, 0.5) is 0 Å². The fourth-order valence-corrected chi connectivity index (χ4v) is 10.5. The minimum atomic E-state index is -0.619. The van der Waals surface area contributed by atoms with Crippen LogP contribution in [0.2, 0.25) is 0 Å². The third kappa shape index (κ3) is 3.95.